The van der Waals surface area contributed by atoms with Crippen LogP contribution in [0.15, 0.2) is 6.07 Å². The quantitative estimate of drug-likeness (QED) is 0.874. The summed E-state index contributed by atoms with van der Waals surface area (Å²) in [5, 5.41) is 8.87. The van der Waals surface area contributed by atoms with E-state index in [2.05, 4.69) is 0 Å². The average molecular weight is 290 g/mol. The topological polar surface area (TPSA) is 71.4 Å². The molecule has 102 valence electrons. The van der Waals surface area contributed by atoms with Crippen LogP contribution < -0.4 is 0 Å². The van der Waals surface area contributed by atoms with Crippen LogP contribution in [0, 0.1) is 12.8 Å². The number of aryl methyl sites for hydroxylation is 1. The highest BCUT2D eigenvalue weighted by Gasteiger charge is 2.19. The third-order valence-electron chi connectivity index (χ3n) is 2.84. The van der Waals surface area contributed by atoms with Crippen molar-refractivity contribution in [1.82, 2.24) is 0 Å². The van der Waals surface area contributed by atoms with Gasteiger partial charge in [-0.1, -0.05) is 20.3 Å². The van der Waals surface area contributed by atoms with E-state index in [4.69, 9.17) is 5.11 Å². The zero-order chi connectivity index (χ0) is 13.9. The summed E-state index contributed by atoms with van der Waals surface area (Å²) in [5.74, 6) is -0.782. The molecular formula is C12H18O4S2. The molecule has 0 radical (unpaired) electrons. The molecule has 0 saturated heterocycles. The summed E-state index contributed by atoms with van der Waals surface area (Å²) in [6.45, 7) is 5.62. The van der Waals surface area contributed by atoms with Gasteiger partial charge in [-0.3, -0.25) is 0 Å². The fourth-order valence-electron chi connectivity index (χ4n) is 1.62. The number of thiophene rings is 1. The molecule has 6 heteroatoms. The molecule has 0 bridgehead atoms. The number of hydrogen-bond donors (Lipinski definition) is 1. The van der Waals surface area contributed by atoms with Crippen molar-refractivity contribution in [1.29, 1.82) is 0 Å². The van der Waals surface area contributed by atoms with Gasteiger partial charge in [0, 0.05) is 4.88 Å². The van der Waals surface area contributed by atoms with Crippen LogP contribution in [-0.2, 0) is 15.6 Å². The Bertz CT molecular complexity index is 528. The molecule has 0 amide bonds. The Labute approximate surface area is 112 Å². The van der Waals surface area contributed by atoms with Gasteiger partial charge in [-0.05, 0) is 24.5 Å². The number of hydrogen-bond acceptors (Lipinski definition) is 4. The zero-order valence-corrected chi connectivity index (χ0v) is 12.4. The normalized spacial score (nSPS) is 13.5. The Morgan fingerprint density at radius 3 is 2.56 bits per heavy atom. The molecule has 0 saturated carbocycles. The van der Waals surface area contributed by atoms with E-state index in [1.807, 2.05) is 13.8 Å². The monoisotopic (exact) mass is 290 g/mol. The molecule has 1 aromatic heterocycles. The first-order valence-electron chi connectivity index (χ1n) is 5.78. The van der Waals surface area contributed by atoms with Gasteiger partial charge in [-0.25, -0.2) is 13.2 Å². The summed E-state index contributed by atoms with van der Waals surface area (Å²) in [7, 11) is -3.17. The highest BCUT2D eigenvalue weighted by atomic mass is 32.2. The molecule has 0 spiro atoms. The van der Waals surface area contributed by atoms with E-state index >= 15 is 0 Å². The van der Waals surface area contributed by atoms with Gasteiger partial charge in [0.25, 0.3) is 0 Å². The smallest absolute Gasteiger partial charge is 0.345 e. The lowest BCUT2D eigenvalue weighted by Crippen LogP contribution is -2.15. The molecule has 0 fully saturated rings. The second-order valence-electron chi connectivity index (χ2n) is 4.57. The fraction of sp³-hybridized carbons (Fsp3) is 0.583. The van der Waals surface area contributed by atoms with Crippen LogP contribution in [0.5, 0.6) is 0 Å². The van der Waals surface area contributed by atoms with Gasteiger partial charge in [0.2, 0.25) is 0 Å². The van der Waals surface area contributed by atoms with E-state index in [0.29, 0.717) is 5.56 Å². The summed E-state index contributed by atoms with van der Waals surface area (Å²) >= 11 is 1.12. The molecule has 1 atom stereocenters. The number of carboxylic acids is 1. The standard InChI is InChI=1S/C12H18O4S2/c1-4-8(2)6-18(15,16)7-10-5-11(12(13)14)17-9(10)3/h5,8H,4,6-7H2,1-3H3,(H,13,14). The van der Waals surface area contributed by atoms with Crippen LogP contribution >= 0.6 is 11.3 Å². The third-order valence-corrected chi connectivity index (χ3v) is 5.75. The number of rotatable bonds is 6. The minimum atomic E-state index is -3.17. The Hall–Kier alpha value is -0.880. The van der Waals surface area contributed by atoms with Crippen LogP contribution in [0.3, 0.4) is 0 Å². The van der Waals surface area contributed by atoms with E-state index in [-0.39, 0.29) is 22.3 Å². The van der Waals surface area contributed by atoms with Crippen LogP contribution in [0.25, 0.3) is 0 Å². The summed E-state index contributed by atoms with van der Waals surface area (Å²) in [6, 6.07) is 1.47. The van der Waals surface area contributed by atoms with Gasteiger partial charge < -0.3 is 5.11 Å². The van der Waals surface area contributed by atoms with Crippen molar-refractivity contribution >= 4 is 27.1 Å². The Kier molecular flexibility index (Phi) is 4.92. The number of carbonyl (C=O) groups is 1. The minimum absolute atomic E-state index is 0.0625. The summed E-state index contributed by atoms with van der Waals surface area (Å²) < 4.78 is 23.9. The molecule has 1 N–H and O–H groups in total. The fourth-order valence-corrected chi connectivity index (χ4v) is 4.58. The van der Waals surface area contributed by atoms with Gasteiger partial charge in [0.1, 0.15) is 4.88 Å². The van der Waals surface area contributed by atoms with Crippen molar-refractivity contribution in [3.05, 3.63) is 21.4 Å². The maximum Gasteiger partial charge on any atom is 0.345 e. The van der Waals surface area contributed by atoms with E-state index in [9.17, 15) is 13.2 Å². The zero-order valence-electron chi connectivity index (χ0n) is 10.8. The largest absolute Gasteiger partial charge is 0.477 e. The van der Waals surface area contributed by atoms with Gasteiger partial charge in [-0.2, -0.15) is 0 Å². The molecule has 1 unspecified atom stereocenters. The van der Waals surface area contributed by atoms with Crippen LogP contribution in [0.4, 0.5) is 0 Å². The van der Waals surface area contributed by atoms with Crippen LogP contribution in [-0.4, -0.2) is 25.2 Å². The number of aromatic carboxylic acids is 1. The molecule has 0 aliphatic carbocycles. The summed E-state index contributed by atoms with van der Waals surface area (Å²) in [6.07, 6.45) is 0.822. The van der Waals surface area contributed by atoms with Crippen LogP contribution in [0.1, 0.15) is 40.4 Å². The van der Waals surface area contributed by atoms with E-state index in [1.165, 1.54) is 6.07 Å². The maximum absolute atomic E-state index is 12.0. The molecule has 1 rings (SSSR count). The molecule has 0 aromatic carbocycles. The second kappa shape index (κ2) is 5.84. The van der Waals surface area contributed by atoms with E-state index in [0.717, 1.165) is 22.6 Å². The van der Waals surface area contributed by atoms with Crippen molar-refractivity contribution in [3.63, 3.8) is 0 Å². The molecule has 0 aliphatic heterocycles. The molecule has 1 heterocycles. The Morgan fingerprint density at radius 1 is 1.50 bits per heavy atom. The highest BCUT2D eigenvalue weighted by molar-refractivity contribution is 7.90. The average Bonchev–Trinajstić information content (AvgIpc) is 2.59. The molecule has 4 nitrogen and oxygen atoms in total. The molecule has 18 heavy (non-hydrogen) atoms. The first-order valence-corrected chi connectivity index (χ1v) is 8.42. The van der Waals surface area contributed by atoms with Crippen molar-refractivity contribution in [2.75, 3.05) is 5.75 Å². The lowest BCUT2D eigenvalue weighted by Gasteiger charge is -2.09. The Morgan fingerprint density at radius 2 is 2.11 bits per heavy atom. The van der Waals surface area contributed by atoms with Crippen LogP contribution in [0.2, 0.25) is 0 Å². The molecule has 1 aromatic rings. The van der Waals surface area contributed by atoms with E-state index in [1.54, 1.807) is 6.92 Å². The second-order valence-corrected chi connectivity index (χ2v) is 7.93. The number of carboxylic acid groups (broad SMARTS) is 1. The maximum atomic E-state index is 12.0. The SMILES string of the molecule is CCC(C)CS(=O)(=O)Cc1cc(C(=O)O)sc1C. The van der Waals surface area contributed by atoms with Gasteiger partial charge in [0.15, 0.2) is 9.84 Å². The van der Waals surface area contributed by atoms with Crippen molar-refractivity contribution in [2.24, 2.45) is 5.92 Å². The van der Waals surface area contributed by atoms with Gasteiger partial charge in [0.05, 0.1) is 11.5 Å². The lowest BCUT2D eigenvalue weighted by molar-refractivity contribution is 0.0702. The summed E-state index contributed by atoms with van der Waals surface area (Å²) in [4.78, 5) is 11.8. The van der Waals surface area contributed by atoms with Crippen molar-refractivity contribution < 1.29 is 18.3 Å². The molecule has 0 aliphatic rings. The first-order chi connectivity index (χ1) is 8.25. The lowest BCUT2D eigenvalue weighted by atomic mass is 10.2. The minimum Gasteiger partial charge on any atom is -0.477 e. The summed E-state index contributed by atoms with van der Waals surface area (Å²) in [5.41, 5.74) is 0.612. The third kappa shape index (κ3) is 4.10. The van der Waals surface area contributed by atoms with Gasteiger partial charge >= 0.3 is 5.97 Å². The number of sulfone groups is 1. The van der Waals surface area contributed by atoms with Gasteiger partial charge in [-0.15, -0.1) is 11.3 Å². The Balaban J connectivity index is 2.87. The predicted molar refractivity (Wildman–Crippen MR) is 73.0 cm³/mol. The predicted octanol–water partition coefficient (Wildman–Crippen LogP) is 2.72. The van der Waals surface area contributed by atoms with Crippen molar-refractivity contribution in [2.45, 2.75) is 32.9 Å². The van der Waals surface area contributed by atoms with E-state index < -0.39 is 15.8 Å². The highest BCUT2D eigenvalue weighted by Crippen LogP contribution is 2.24. The van der Waals surface area contributed by atoms with Crippen molar-refractivity contribution in [3.8, 4) is 0 Å². The molecular weight excluding hydrogens is 272 g/mol. The first kappa shape index (κ1) is 15.2.